The lowest BCUT2D eigenvalue weighted by atomic mass is 10.0. The number of anilines is 2. The molecule has 0 unspecified atom stereocenters. The molecule has 4 aromatic carbocycles. The lowest BCUT2D eigenvalue weighted by Crippen LogP contribution is -2.56. The summed E-state index contributed by atoms with van der Waals surface area (Å²) in [4.78, 5) is 30.3. The Kier molecular flexibility index (Phi) is 8.09. The van der Waals surface area contributed by atoms with Crippen molar-refractivity contribution in [1.82, 2.24) is 0 Å². The zero-order valence-corrected chi connectivity index (χ0v) is 24.2. The van der Waals surface area contributed by atoms with Crippen LogP contribution in [-0.2, 0) is 16.2 Å². The van der Waals surface area contributed by atoms with Crippen LogP contribution in [0.5, 0.6) is 11.5 Å². The smallest absolute Gasteiger partial charge is 0.270 e. The highest BCUT2D eigenvalue weighted by Gasteiger charge is 2.41. The number of halogens is 1. The van der Waals surface area contributed by atoms with Crippen molar-refractivity contribution in [2.24, 2.45) is 0 Å². The topological polar surface area (TPSA) is 59.1 Å². The minimum atomic E-state index is -0.511. The van der Waals surface area contributed by atoms with Crippen molar-refractivity contribution in [3.63, 3.8) is 0 Å². The molecule has 0 aromatic heterocycles. The van der Waals surface area contributed by atoms with Crippen LogP contribution >= 0.6 is 28.1 Å². The summed E-state index contributed by atoms with van der Waals surface area (Å²) in [6.45, 7) is 2.38. The Balaban J connectivity index is 1.53. The van der Waals surface area contributed by atoms with Gasteiger partial charge in [0.1, 0.15) is 12.2 Å². The number of rotatable bonds is 7. The molecule has 40 heavy (non-hydrogen) atoms. The molecule has 0 N–H and O–H groups in total. The zero-order valence-electron chi connectivity index (χ0n) is 21.8. The largest absolute Gasteiger partial charge is 0.493 e. The first-order valence-electron chi connectivity index (χ1n) is 12.5. The van der Waals surface area contributed by atoms with Crippen LogP contribution in [0.2, 0.25) is 0 Å². The molecule has 1 aliphatic heterocycles. The fourth-order valence-corrected chi connectivity index (χ4v) is 5.26. The molecule has 4 aromatic rings. The SMILES string of the molecule is COc1cc(C=C2C(=O)N(c3ccccc3)C(=S)N(c3ccccc3)C2=O)cc(Br)c1OCc1ccc(C)cc1. The molecule has 0 aliphatic carbocycles. The van der Waals surface area contributed by atoms with Gasteiger partial charge in [-0.3, -0.25) is 19.4 Å². The fraction of sp³-hybridized carbons (Fsp3) is 0.0938. The van der Waals surface area contributed by atoms with Gasteiger partial charge in [0.25, 0.3) is 11.8 Å². The molecule has 0 radical (unpaired) electrons. The van der Waals surface area contributed by atoms with E-state index >= 15 is 0 Å². The van der Waals surface area contributed by atoms with E-state index < -0.39 is 11.8 Å². The maximum absolute atomic E-state index is 13.8. The lowest BCUT2D eigenvalue weighted by molar-refractivity contribution is -0.120. The average Bonchev–Trinajstić information content (AvgIpc) is 2.96. The summed E-state index contributed by atoms with van der Waals surface area (Å²) in [6.07, 6.45) is 1.55. The summed E-state index contributed by atoms with van der Waals surface area (Å²) in [5.41, 5.74) is 3.86. The molecule has 0 saturated carbocycles. The van der Waals surface area contributed by atoms with E-state index in [0.29, 0.717) is 39.5 Å². The van der Waals surface area contributed by atoms with Gasteiger partial charge in [0.15, 0.2) is 16.6 Å². The summed E-state index contributed by atoms with van der Waals surface area (Å²) < 4.78 is 12.3. The van der Waals surface area contributed by atoms with Gasteiger partial charge in [-0.2, -0.15) is 0 Å². The van der Waals surface area contributed by atoms with Gasteiger partial charge in [-0.25, -0.2) is 0 Å². The zero-order chi connectivity index (χ0) is 28.2. The second-order valence-electron chi connectivity index (χ2n) is 9.10. The number of hydrogen-bond donors (Lipinski definition) is 0. The molecule has 5 rings (SSSR count). The first kappa shape index (κ1) is 27.3. The number of benzene rings is 4. The number of nitrogens with zero attached hydrogens (tertiary/aromatic N) is 2. The van der Waals surface area contributed by atoms with E-state index in [4.69, 9.17) is 21.7 Å². The minimum absolute atomic E-state index is 0.0383. The van der Waals surface area contributed by atoms with Crippen LogP contribution in [0, 0.1) is 6.92 Å². The first-order valence-corrected chi connectivity index (χ1v) is 13.7. The van der Waals surface area contributed by atoms with Crippen molar-refractivity contribution in [1.29, 1.82) is 0 Å². The molecule has 0 spiro atoms. The number of carbonyl (C=O) groups excluding carboxylic acids is 2. The molecule has 2 amide bonds. The molecule has 1 fully saturated rings. The van der Waals surface area contributed by atoms with Gasteiger partial charge in [-0.15, -0.1) is 0 Å². The Morgan fingerprint density at radius 3 is 1.90 bits per heavy atom. The number of para-hydroxylation sites is 2. The first-order chi connectivity index (χ1) is 19.4. The minimum Gasteiger partial charge on any atom is -0.493 e. The summed E-state index contributed by atoms with van der Waals surface area (Å²) in [6, 6.07) is 29.7. The molecule has 8 heteroatoms. The van der Waals surface area contributed by atoms with Gasteiger partial charge in [0, 0.05) is 0 Å². The quantitative estimate of drug-likeness (QED) is 0.127. The van der Waals surface area contributed by atoms with Crippen LogP contribution in [0.1, 0.15) is 16.7 Å². The number of hydrogen-bond acceptors (Lipinski definition) is 5. The van der Waals surface area contributed by atoms with E-state index in [1.807, 2.05) is 67.6 Å². The van der Waals surface area contributed by atoms with Crippen molar-refractivity contribution in [2.75, 3.05) is 16.9 Å². The molecule has 0 bridgehead atoms. The Labute approximate surface area is 246 Å². The van der Waals surface area contributed by atoms with Gasteiger partial charge in [-0.1, -0.05) is 66.2 Å². The van der Waals surface area contributed by atoms with E-state index in [2.05, 4.69) is 15.9 Å². The summed E-state index contributed by atoms with van der Waals surface area (Å²) in [5.74, 6) is -0.0461. The predicted molar refractivity (Wildman–Crippen MR) is 165 cm³/mol. The average molecular weight is 614 g/mol. The molecule has 1 saturated heterocycles. The molecule has 6 nitrogen and oxygen atoms in total. The van der Waals surface area contributed by atoms with Crippen LogP contribution in [0.3, 0.4) is 0 Å². The molecule has 200 valence electrons. The van der Waals surface area contributed by atoms with Crippen LogP contribution in [-0.4, -0.2) is 24.0 Å². The van der Waals surface area contributed by atoms with Gasteiger partial charge in [0.2, 0.25) is 0 Å². The maximum atomic E-state index is 13.8. The third kappa shape index (κ3) is 5.54. The standard InChI is InChI=1S/C32H25BrN2O4S/c1-21-13-15-22(16-14-21)20-39-29-27(33)18-23(19-28(29)38-2)17-26-30(36)34(24-9-5-3-6-10-24)32(40)35(31(26)37)25-11-7-4-8-12-25/h3-19H,20H2,1-2H3. The Morgan fingerprint density at radius 2 is 1.38 bits per heavy atom. The van der Waals surface area contributed by atoms with Crippen LogP contribution < -0.4 is 19.3 Å². The van der Waals surface area contributed by atoms with Crippen LogP contribution in [0.15, 0.2) is 107 Å². The van der Waals surface area contributed by atoms with Crippen LogP contribution in [0.4, 0.5) is 11.4 Å². The van der Waals surface area contributed by atoms with Crippen molar-refractivity contribution in [2.45, 2.75) is 13.5 Å². The molecular formula is C32H25BrN2O4S. The number of thiocarbonyl (C=S) groups is 1. The molecular weight excluding hydrogens is 588 g/mol. The second-order valence-corrected chi connectivity index (χ2v) is 10.3. The highest BCUT2D eigenvalue weighted by atomic mass is 79.9. The molecule has 1 aliphatic rings. The lowest BCUT2D eigenvalue weighted by Gasteiger charge is -2.36. The normalized spacial score (nSPS) is 13.5. The Hall–Kier alpha value is -4.27. The maximum Gasteiger partial charge on any atom is 0.270 e. The molecule has 1 heterocycles. The van der Waals surface area contributed by atoms with E-state index in [1.165, 1.54) is 15.4 Å². The number of carbonyl (C=O) groups is 2. The summed E-state index contributed by atoms with van der Waals surface area (Å²) in [5, 5.41) is 0.0863. The third-order valence-corrected chi connectivity index (χ3v) is 7.30. The highest BCUT2D eigenvalue weighted by Crippen LogP contribution is 2.38. The number of ether oxygens (including phenoxy) is 2. The van der Waals surface area contributed by atoms with E-state index in [1.54, 1.807) is 49.6 Å². The van der Waals surface area contributed by atoms with Gasteiger partial charge >= 0.3 is 0 Å². The third-order valence-electron chi connectivity index (χ3n) is 6.34. The van der Waals surface area contributed by atoms with E-state index in [9.17, 15) is 9.59 Å². The van der Waals surface area contributed by atoms with Crippen molar-refractivity contribution in [3.05, 3.63) is 124 Å². The van der Waals surface area contributed by atoms with Crippen molar-refractivity contribution >= 4 is 62.5 Å². The van der Waals surface area contributed by atoms with Gasteiger partial charge in [0.05, 0.1) is 23.0 Å². The van der Waals surface area contributed by atoms with E-state index in [-0.39, 0.29) is 10.7 Å². The fourth-order valence-electron chi connectivity index (χ4n) is 4.31. The summed E-state index contributed by atoms with van der Waals surface area (Å²) in [7, 11) is 1.54. The monoisotopic (exact) mass is 612 g/mol. The Morgan fingerprint density at radius 1 is 0.825 bits per heavy atom. The van der Waals surface area contributed by atoms with E-state index in [0.717, 1.165) is 5.56 Å². The predicted octanol–water partition coefficient (Wildman–Crippen LogP) is 7.09. The van der Waals surface area contributed by atoms with Gasteiger partial charge in [-0.05, 0) is 88.7 Å². The number of amides is 2. The van der Waals surface area contributed by atoms with Crippen molar-refractivity contribution < 1.29 is 19.1 Å². The second kappa shape index (κ2) is 11.9. The Bertz CT molecular complexity index is 1540. The van der Waals surface area contributed by atoms with Crippen molar-refractivity contribution in [3.8, 4) is 11.5 Å². The molecule has 0 atom stereocenters. The highest BCUT2D eigenvalue weighted by molar-refractivity contribution is 9.10. The van der Waals surface area contributed by atoms with Gasteiger partial charge < -0.3 is 9.47 Å². The van der Waals surface area contributed by atoms with Crippen LogP contribution in [0.25, 0.3) is 6.08 Å². The number of aryl methyl sites for hydroxylation is 1. The summed E-state index contributed by atoms with van der Waals surface area (Å²) >= 11 is 9.26. The number of methoxy groups -OCH3 is 1.